The average Bonchev–Trinajstić information content (AvgIpc) is 3.20. The highest BCUT2D eigenvalue weighted by Crippen LogP contribution is 2.48. The number of anilines is 2. The van der Waals surface area contributed by atoms with Gasteiger partial charge in [0.25, 0.3) is 0 Å². The number of alkyl halides is 3. The van der Waals surface area contributed by atoms with E-state index in [9.17, 15) is 18.0 Å². The number of aromatic nitrogens is 2. The smallest absolute Gasteiger partial charge is 0.375 e. The molecule has 1 aromatic carbocycles. The first kappa shape index (κ1) is 16.4. The van der Waals surface area contributed by atoms with Crippen LogP contribution in [0.25, 0.3) is 0 Å². The second kappa shape index (κ2) is 6.18. The van der Waals surface area contributed by atoms with Crippen molar-refractivity contribution in [2.45, 2.75) is 18.5 Å². The van der Waals surface area contributed by atoms with Crippen molar-refractivity contribution in [2.24, 2.45) is 13.0 Å². The maximum absolute atomic E-state index is 12.4. The van der Waals surface area contributed by atoms with Crippen LogP contribution in [0.5, 0.6) is 0 Å². The molecular formula is C16H17F3N4O. The summed E-state index contributed by atoms with van der Waals surface area (Å²) in [5, 5.41) is 9.12. The zero-order valence-electron chi connectivity index (χ0n) is 13.0. The third kappa shape index (κ3) is 3.87. The van der Waals surface area contributed by atoms with Crippen LogP contribution in [0.3, 0.4) is 0 Å². The number of nitrogens with one attached hydrogen (secondary N) is 2. The highest BCUT2D eigenvalue weighted by molar-refractivity contribution is 5.97. The predicted molar refractivity (Wildman–Crippen MR) is 83.7 cm³/mol. The van der Waals surface area contributed by atoms with Crippen LogP contribution >= 0.6 is 0 Å². The van der Waals surface area contributed by atoms with Gasteiger partial charge in [-0.05, 0) is 30.0 Å². The lowest BCUT2D eigenvalue weighted by atomic mass is 10.2. The van der Waals surface area contributed by atoms with Crippen molar-refractivity contribution < 1.29 is 18.0 Å². The highest BCUT2D eigenvalue weighted by Gasteiger charge is 2.44. The number of carbonyl (C=O) groups is 1. The van der Waals surface area contributed by atoms with Crippen LogP contribution in [-0.4, -0.2) is 28.4 Å². The number of halogens is 3. The molecule has 0 bridgehead atoms. The number of hydrogen-bond donors (Lipinski definition) is 2. The number of hydrogen-bond acceptors (Lipinski definition) is 3. The predicted octanol–water partition coefficient (Wildman–Crippen LogP) is 3.14. The molecule has 0 aliphatic heterocycles. The number of para-hydroxylation sites is 2. The Hall–Kier alpha value is -2.51. The van der Waals surface area contributed by atoms with Gasteiger partial charge in [-0.1, -0.05) is 12.1 Å². The van der Waals surface area contributed by atoms with Crippen molar-refractivity contribution >= 4 is 17.3 Å². The molecule has 0 radical (unpaired) electrons. The molecule has 1 aromatic heterocycles. The first-order valence-electron chi connectivity index (χ1n) is 7.52. The Morgan fingerprint density at radius 2 is 2.04 bits per heavy atom. The van der Waals surface area contributed by atoms with E-state index in [1.54, 1.807) is 29.1 Å². The Bertz CT molecular complexity index is 741. The van der Waals surface area contributed by atoms with Crippen molar-refractivity contribution in [3.63, 3.8) is 0 Å². The second-order valence-corrected chi connectivity index (χ2v) is 5.90. The van der Waals surface area contributed by atoms with Crippen molar-refractivity contribution in [3.05, 3.63) is 42.2 Å². The van der Waals surface area contributed by atoms with Gasteiger partial charge >= 0.3 is 6.18 Å². The highest BCUT2D eigenvalue weighted by atomic mass is 19.4. The maximum Gasteiger partial charge on any atom is 0.405 e. The third-order valence-corrected chi connectivity index (χ3v) is 3.94. The van der Waals surface area contributed by atoms with E-state index in [2.05, 4.69) is 15.7 Å². The molecular weight excluding hydrogens is 321 g/mol. The molecule has 8 heteroatoms. The Kier molecular flexibility index (Phi) is 4.21. The first-order valence-corrected chi connectivity index (χ1v) is 7.52. The molecule has 3 rings (SSSR count). The Morgan fingerprint density at radius 3 is 2.67 bits per heavy atom. The van der Waals surface area contributed by atoms with Crippen LogP contribution in [0.4, 0.5) is 24.5 Å². The van der Waals surface area contributed by atoms with Crippen LogP contribution < -0.4 is 10.6 Å². The molecule has 2 N–H and O–H groups in total. The van der Waals surface area contributed by atoms with Crippen molar-refractivity contribution in [1.29, 1.82) is 0 Å². The Labute approximate surface area is 136 Å². The summed E-state index contributed by atoms with van der Waals surface area (Å²) in [6.07, 6.45) is 0.00223. The van der Waals surface area contributed by atoms with E-state index in [4.69, 9.17) is 0 Å². The quantitative estimate of drug-likeness (QED) is 0.881. The standard InChI is InChI=1S/C16H17F3N4O/c1-23-8-10(7-21-23)11-6-12(11)15(24)22-14-5-3-2-4-13(14)20-9-16(17,18)19/h2-5,7-8,11-12,20H,6,9H2,1H3,(H,22,24)/t11-,12+/m1/s1. The van der Waals surface area contributed by atoms with E-state index in [0.29, 0.717) is 5.69 Å². The largest absolute Gasteiger partial charge is 0.405 e. The molecule has 1 aliphatic rings. The fourth-order valence-corrected chi connectivity index (χ4v) is 2.65. The van der Waals surface area contributed by atoms with Crippen LogP contribution in [0.15, 0.2) is 36.7 Å². The van der Waals surface area contributed by atoms with Gasteiger partial charge in [0, 0.05) is 19.2 Å². The van der Waals surface area contributed by atoms with Gasteiger partial charge in [-0.2, -0.15) is 18.3 Å². The van der Waals surface area contributed by atoms with E-state index in [1.807, 2.05) is 13.2 Å². The number of nitrogens with zero attached hydrogens (tertiary/aromatic N) is 2. The lowest BCUT2D eigenvalue weighted by Gasteiger charge is -2.14. The number of benzene rings is 1. The molecule has 1 amide bonds. The molecule has 1 saturated carbocycles. The maximum atomic E-state index is 12.4. The van der Waals surface area contributed by atoms with E-state index in [0.717, 1.165) is 12.0 Å². The summed E-state index contributed by atoms with van der Waals surface area (Å²) in [4.78, 5) is 12.3. The van der Waals surface area contributed by atoms with E-state index >= 15 is 0 Å². The van der Waals surface area contributed by atoms with Crippen molar-refractivity contribution in [2.75, 3.05) is 17.2 Å². The van der Waals surface area contributed by atoms with E-state index in [1.165, 1.54) is 6.07 Å². The lowest BCUT2D eigenvalue weighted by Crippen LogP contribution is -2.22. The number of carbonyl (C=O) groups excluding carboxylic acids is 1. The SMILES string of the molecule is Cn1cc([C@H]2C[C@@H]2C(=O)Nc2ccccc2NCC(F)(F)F)cn1. The second-order valence-electron chi connectivity index (χ2n) is 5.90. The van der Waals surface area contributed by atoms with Gasteiger partial charge in [0.2, 0.25) is 5.91 Å². The molecule has 2 aromatic rings. The molecule has 1 fully saturated rings. The van der Waals surface area contributed by atoms with Crippen LogP contribution in [-0.2, 0) is 11.8 Å². The summed E-state index contributed by atoms with van der Waals surface area (Å²) in [7, 11) is 1.81. The van der Waals surface area contributed by atoms with Crippen LogP contribution in [0.1, 0.15) is 17.9 Å². The molecule has 1 heterocycles. The van der Waals surface area contributed by atoms with Gasteiger partial charge < -0.3 is 10.6 Å². The summed E-state index contributed by atoms with van der Waals surface area (Å²) < 4.78 is 38.8. The minimum atomic E-state index is -4.32. The minimum absolute atomic E-state index is 0.119. The summed E-state index contributed by atoms with van der Waals surface area (Å²) in [5.41, 5.74) is 1.60. The van der Waals surface area contributed by atoms with Gasteiger partial charge in [-0.3, -0.25) is 9.48 Å². The number of amides is 1. The molecule has 1 aliphatic carbocycles. The minimum Gasteiger partial charge on any atom is -0.375 e. The van der Waals surface area contributed by atoms with Gasteiger partial charge in [-0.15, -0.1) is 0 Å². The summed E-state index contributed by atoms with van der Waals surface area (Å²) in [5.74, 6) is -0.246. The number of rotatable bonds is 5. The van der Waals surface area contributed by atoms with E-state index in [-0.39, 0.29) is 23.4 Å². The summed E-state index contributed by atoms with van der Waals surface area (Å²) in [6, 6.07) is 6.37. The molecule has 2 atom stereocenters. The fourth-order valence-electron chi connectivity index (χ4n) is 2.65. The molecule has 0 unspecified atom stereocenters. The monoisotopic (exact) mass is 338 g/mol. The third-order valence-electron chi connectivity index (χ3n) is 3.94. The average molecular weight is 338 g/mol. The molecule has 0 spiro atoms. The van der Waals surface area contributed by atoms with Crippen molar-refractivity contribution in [1.82, 2.24) is 9.78 Å². The number of aryl methyl sites for hydroxylation is 1. The zero-order valence-corrected chi connectivity index (χ0v) is 13.0. The Balaban J connectivity index is 1.63. The normalized spacial score (nSPS) is 19.8. The van der Waals surface area contributed by atoms with Gasteiger partial charge in [0.1, 0.15) is 6.54 Å². The van der Waals surface area contributed by atoms with Crippen LogP contribution in [0.2, 0.25) is 0 Å². The zero-order chi connectivity index (χ0) is 17.3. The summed E-state index contributed by atoms with van der Waals surface area (Å²) in [6.45, 7) is -1.15. The van der Waals surface area contributed by atoms with Gasteiger partial charge in [-0.25, -0.2) is 0 Å². The van der Waals surface area contributed by atoms with Crippen molar-refractivity contribution in [3.8, 4) is 0 Å². The summed E-state index contributed by atoms with van der Waals surface area (Å²) >= 11 is 0. The fraction of sp³-hybridized carbons (Fsp3) is 0.375. The molecule has 0 saturated heterocycles. The van der Waals surface area contributed by atoms with Crippen LogP contribution in [0, 0.1) is 5.92 Å². The van der Waals surface area contributed by atoms with E-state index < -0.39 is 12.7 Å². The van der Waals surface area contributed by atoms with Gasteiger partial charge in [0.05, 0.1) is 17.6 Å². The molecule has 5 nitrogen and oxygen atoms in total. The molecule has 128 valence electrons. The molecule has 24 heavy (non-hydrogen) atoms. The Morgan fingerprint density at radius 1 is 1.33 bits per heavy atom. The topological polar surface area (TPSA) is 59.0 Å². The van der Waals surface area contributed by atoms with Gasteiger partial charge in [0.15, 0.2) is 0 Å². The first-order chi connectivity index (χ1) is 11.3. The lowest BCUT2D eigenvalue weighted by molar-refractivity contribution is -0.117.